The SMILES string of the molecule is CNC1CCN(S(=O)(=O)c2ccc(CCOC)cc2)CC1. The van der Waals surface area contributed by atoms with E-state index in [2.05, 4.69) is 5.32 Å². The van der Waals surface area contributed by atoms with Crippen LogP contribution in [0.15, 0.2) is 29.2 Å². The number of nitrogens with zero attached hydrogens (tertiary/aromatic N) is 1. The van der Waals surface area contributed by atoms with E-state index in [1.165, 1.54) is 0 Å². The Morgan fingerprint density at radius 3 is 2.38 bits per heavy atom. The number of nitrogens with one attached hydrogen (secondary N) is 1. The van der Waals surface area contributed by atoms with E-state index < -0.39 is 10.0 Å². The molecule has 0 radical (unpaired) electrons. The molecule has 0 aliphatic carbocycles. The Labute approximate surface area is 127 Å². The molecule has 0 atom stereocenters. The second-order valence-electron chi connectivity index (χ2n) is 5.35. The average Bonchev–Trinajstić information content (AvgIpc) is 2.53. The zero-order valence-electron chi connectivity index (χ0n) is 12.7. The fourth-order valence-electron chi connectivity index (χ4n) is 2.58. The van der Waals surface area contributed by atoms with Gasteiger partial charge in [0.1, 0.15) is 0 Å². The Morgan fingerprint density at radius 2 is 1.86 bits per heavy atom. The van der Waals surface area contributed by atoms with Gasteiger partial charge in [0.15, 0.2) is 0 Å². The largest absolute Gasteiger partial charge is 0.384 e. The van der Waals surface area contributed by atoms with Crippen LogP contribution in [0.2, 0.25) is 0 Å². The van der Waals surface area contributed by atoms with Gasteiger partial charge in [0.25, 0.3) is 0 Å². The van der Waals surface area contributed by atoms with Crippen LogP contribution in [-0.2, 0) is 21.2 Å². The third-order valence-electron chi connectivity index (χ3n) is 4.02. The molecule has 2 rings (SSSR count). The molecule has 6 heteroatoms. The highest BCUT2D eigenvalue weighted by Gasteiger charge is 2.28. The molecular formula is C15H24N2O3S. The molecule has 1 aromatic rings. The number of ether oxygens (including phenoxy) is 1. The maximum Gasteiger partial charge on any atom is 0.243 e. The van der Waals surface area contributed by atoms with Crippen LogP contribution in [0.4, 0.5) is 0 Å². The maximum atomic E-state index is 12.6. The van der Waals surface area contributed by atoms with E-state index in [9.17, 15) is 8.42 Å². The first-order valence-corrected chi connectivity index (χ1v) is 8.77. The number of methoxy groups -OCH3 is 1. The van der Waals surface area contributed by atoms with Gasteiger partial charge >= 0.3 is 0 Å². The Hall–Kier alpha value is -0.950. The highest BCUT2D eigenvalue weighted by molar-refractivity contribution is 7.89. The van der Waals surface area contributed by atoms with Crippen molar-refractivity contribution in [2.45, 2.75) is 30.2 Å². The van der Waals surface area contributed by atoms with Crippen LogP contribution in [0.5, 0.6) is 0 Å². The van der Waals surface area contributed by atoms with E-state index >= 15 is 0 Å². The molecule has 21 heavy (non-hydrogen) atoms. The molecule has 0 amide bonds. The van der Waals surface area contributed by atoms with Gasteiger partial charge in [0.05, 0.1) is 11.5 Å². The van der Waals surface area contributed by atoms with Crippen molar-refractivity contribution < 1.29 is 13.2 Å². The van der Waals surface area contributed by atoms with Gasteiger partial charge in [-0.2, -0.15) is 4.31 Å². The van der Waals surface area contributed by atoms with E-state index in [1.807, 2.05) is 19.2 Å². The van der Waals surface area contributed by atoms with Crippen molar-refractivity contribution in [2.75, 3.05) is 33.9 Å². The summed E-state index contributed by atoms with van der Waals surface area (Å²) in [5.41, 5.74) is 1.09. The van der Waals surface area contributed by atoms with Crippen LogP contribution in [0.3, 0.4) is 0 Å². The highest BCUT2D eigenvalue weighted by atomic mass is 32.2. The first kappa shape index (κ1) is 16.4. The predicted molar refractivity (Wildman–Crippen MR) is 82.9 cm³/mol. The minimum atomic E-state index is -3.36. The van der Waals surface area contributed by atoms with Gasteiger partial charge < -0.3 is 10.1 Å². The van der Waals surface area contributed by atoms with Crippen molar-refractivity contribution in [3.63, 3.8) is 0 Å². The number of hydrogen-bond acceptors (Lipinski definition) is 4. The van der Waals surface area contributed by atoms with Crippen LogP contribution in [-0.4, -0.2) is 52.6 Å². The molecule has 0 aromatic heterocycles. The van der Waals surface area contributed by atoms with Crippen molar-refractivity contribution in [2.24, 2.45) is 0 Å². The zero-order chi connectivity index (χ0) is 15.3. The summed E-state index contributed by atoms with van der Waals surface area (Å²) in [7, 11) is 0.228. The fourth-order valence-corrected chi connectivity index (χ4v) is 4.05. The fraction of sp³-hybridized carbons (Fsp3) is 0.600. The zero-order valence-corrected chi connectivity index (χ0v) is 13.5. The smallest absolute Gasteiger partial charge is 0.243 e. The Kier molecular flexibility index (Phi) is 5.75. The lowest BCUT2D eigenvalue weighted by molar-refractivity contribution is 0.202. The third kappa shape index (κ3) is 4.03. The van der Waals surface area contributed by atoms with E-state index in [-0.39, 0.29) is 0 Å². The first-order chi connectivity index (χ1) is 10.1. The van der Waals surface area contributed by atoms with Crippen molar-refractivity contribution in [3.05, 3.63) is 29.8 Å². The summed E-state index contributed by atoms with van der Waals surface area (Å²) in [6.45, 7) is 1.81. The predicted octanol–water partition coefficient (Wildman–Crippen LogP) is 1.25. The van der Waals surface area contributed by atoms with Crippen LogP contribution in [0, 0.1) is 0 Å². The van der Waals surface area contributed by atoms with Gasteiger partial charge in [0.2, 0.25) is 10.0 Å². The van der Waals surface area contributed by atoms with Gasteiger partial charge in [-0.15, -0.1) is 0 Å². The van der Waals surface area contributed by atoms with Crippen LogP contribution in [0.25, 0.3) is 0 Å². The number of rotatable bonds is 6. The molecule has 0 spiro atoms. The lowest BCUT2D eigenvalue weighted by Gasteiger charge is -2.31. The number of hydrogen-bond donors (Lipinski definition) is 1. The van der Waals surface area contributed by atoms with E-state index in [1.54, 1.807) is 23.5 Å². The molecule has 5 nitrogen and oxygen atoms in total. The van der Waals surface area contributed by atoms with E-state index in [0.29, 0.717) is 30.6 Å². The highest BCUT2D eigenvalue weighted by Crippen LogP contribution is 2.21. The molecule has 1 N–H and O–H groups in total. The summed E-state index contributed by atoms with van der Waals surface area (Å²) in [6, 6.07) is 7.56. The summed E-state index contributed by atoms with van der Waals surface area (Å²) in [4.78, 5) is 0.381. The topological polar surface area (TPSA) is 58.6 Å². The Bertz CT molecular complexity index is 535. The summed E-state index contributed by atoms with van der Waals surface area (Å²) < 4.78 is 31.8. The summed E-state index contributed by atoms with van der Waals surface area (Å²) in [5.74, 6) is 0. The summed E-state index contributed by atoms with van der Waals surface area (Å²) in [6.07, 6.45) is 2.52. The summed E-state index contributed by atoms with van der Waals surface area (Å²) in [5, 5.41) is 3.21. The standard InChI is InChI=1S/C15H24N2O3S/c1-16-14-7-10-17(11-8-14)21(18,19)15-5-3-13(4-6-15)9-12-20-2/h3-6,14,16H,7-12H2,1-2H3. The minimum absolute atomic E-state index is 0.381. The lowest BCUT2D eigenvalue weighted by Crippen LogP contribution is -2.43. The monoisotopic (exact) mass is 312 g/mol. The molecular weight excluding hydrogens is 288 g/mol. The minimum Gasteiger partial charge on any atom is -0.384 e. The van der Waals surface area contributed by atoms with Gasteiger partial charge in [-0.05, 0) is 44.0 Å². The molecule has 1 aliphatic rings. The van der Waals surface area contributed by atoms with Crippen molar-refractivity contribution >= 4 is 10.0 Å². The molecule has 118 valence electrons. The lowest BCUT2D eigenvalue weighted by atomic mass is 10.1. The molecule has 0 bridgehead atoms. The van der Waals surface area contributed by atoms with Crippen molar-refractivity contribution in [1.82, 2.24) is 9.62 Å². The average molecular weight is 312 g/mol. The third-order valence-corrected chi connectivity index (χ3v) is 5.93. The summed E-state index contributed by atoms with van der Waals surface area (Å²) >= 11 is 0. The first-order valence-electron chi connectivity index (χ1n) is 7.33. The molecule has 1 saturated heterocycles. The second-order valence-corrected chi connectivity index (χ2v) is 7.29. The second kappa shape index (κ2) is 7.35. The normalized spacial score (nSPS) is 18.0. The van der Waals surface area contributed by atoms with Gasteiger partial charge in [-0.3, -0.25) is 0 Å². The van der Waals surface area contributed by atoms with Crippen LogP contribution >= 0.6 is 0 Å². The van der Waals surface area contributed by atoms with Crippen molar-refractivity contribution in [3.8, 4) is 0 Å². The molecule has 0 unspecified atom stereocenters. The van der Waals surface area contributed by atoms with E-state index in [4.69, 9.17) is 4.74 Å². The molecule has 1 heterocycles. The molecule has 1 fully saturated rings. The molecule has 1 aliphatic heterocycles. The maximum absolute atomic E-state index is 12.6. The molecule has 0 saturated carbocycles. The van der Waals surface area contributed by atoms with Crippen molar-refractivity contribution in [1.29, 1.82) is 0 Å². The van der Waals surface area contributed by atoms with Crippen LogP contribution < -0.4 is 5.32 Å². The number of benzene rings is 1. The van der Waals surface area contributed by atoms with Gasteiger partial charge in [0, 0.05) is 26.2 Å². The van der Waals surface area contributed by atoms with E-state index in [0.717, 1.165) is 24.8 Å². The number of piperidine rings is 1. The van der Waals surface area contributed by atoms with Crippen LogP contribution in [0.1, 0.15) is 18.4 Å². The quantitative estimate of drug-likeness (QED) is 0.859. The van der Waals surface area contributed by atoms with Gasteiger partial charge in [-0.25, -0.2) is 8.42 Å². The molecule has 1 aromatic carbocycles. The Morgan fingerprint density at radius 1 is 1.24 bits per heavy atom. The Balaban J connectivity index is 2.05. The number of sulfonamides is 1. The van der Waals surface area contributed by atoms with Gasteiger partial charge in [-0.1, -0.05) is 12.1 Å².